The Bertz CT molecular complexity index is 1180. The van der Waals surface area contributed by atoms with Crippen LogP contribution in [-0.2, 0) is 18.9 Å². The molecule has 1 aliphatic rings. The molecule has 1 amide bonds. The molecular formula is C26H26NO6P. The topological polar surface area (TPSA) is 90.9 Å². The molecule has 0 aromatic heterocycles. The van der Waals surface area contributed by atoms with Crippen molar-refractivity contribution in [1.82, 2.24) is 0 Å². The maximum atomic E-state index is 14.6. The van der Waals surface area contributed by atoms with Crippen molar-refractivity contribution in [3.8, 4) is 11.5 Å². The monoisotopic (exact) mass is 479 g/mol. The van der Waals surface area contributed by atoms with Crippen molar-refractivity contribution >= 4 is 35.3 Å². The van der Waals surface area contributed by atoms with Crippen molar-refractivity contribution in [2.75, 3.05) is 26.1 Å². The highest BCUT2D eigenvalue weighted by atomic mass is 31.2. The zero-order chi connectivity index (χ0) is 24.2. The first-order valence-electron chi connectivity index (χ1n) is 10.8. The minimum atomic E-state index is -3.36. The predicted octanol–water partition coefficient (Wildman–Crippen LogP) is 3.73. The van der Waals surface area contributed by atoms with Crippen molar-refractivity contribution < 1.29 is 28.4 Å². The smallest absolute Gasteiger partial charge is 0.320 e. The number of rotatable bonds is 9. The van der Waals surface area contributed by atoms with Gasteiger partial charge in [-0.1, -0.05) is 60.7 Å². The maximum Gasteiger partial charge on any atom is 0.320 e. The molecule has 0 atom stereocenters. The van der Waals surface area contributed by atoms with Gasteiger partial charge in [0.25, 0.3) is 5.91 Å². The van der Waals surface area contributed by atoms with E-state index < -0.39 is 30.8 Å². The van der Waals surface area contributed by atoms with Crippen LogP contribution in [0.3, 0.4) is 0 Å². The first kappa shape index (κ1) is 23.6. The number of carbonyl (C=O) groups is 2. The van der Waals surface area contributed by atoms with Crippen LogP contribution >= 0.6 is 7.14 Å². The predicted molar refractivity (Wildman–Crippen MR) is 131 cm³/mol. The quantitative estimate of drug-likeness (QED) is 0.372. The summed E-state index contributed by atoms with van der Waals surface area (Å²) in [5.74, 6) is -0.185. The molecule has 1 N–H and O–H groups in total. The van der Waals surface area contributed by atoms with Crippen molar-refractivity contribution in [1.29, 1.82) is 0 Å². The van der Waals surface area contributed by atoms with Gasteiger partial charge in [0.05, 0.1) is 19.9 Å². The molecule has 8 heteroatoms. The van der Waals surface area contributed by atoms with Crippen molar-refractivity contribution in [2.24, 2.45) is 0 Å². The third-order valence-electron chi connectivity index (χ3n) is 5.96. The zero-order valence-corrected chi connectivity index (χ0v) is 19.9. The molecule has 0 heterocycles. The summed E-state index contributed by atoms with van der Waals surface area (Å²) >= 11 is 0. The molecule has 1 aliphatic carbocycles. The maximum absolute atomic E-state index is 14.6. The average molecular weight is 479 g/mol. The molecule has 0 aliphatic heterocycles. The number of methoxy groups -OCH3 is 2. The van der Waals surface area contributed by atoms with Crippen molar-refractivity contribution in [3.63, 3.8) is 0 Å². The Hall–Kier alpha value is -3.57. The molecule has 0 radical (unpaired) electrons. The number of carbonyl (C=O) groups excluding carboxylic acids is 2. The normalized spacial score (nSPS) is 14.1. The van der Waals surface area contributed by atoms with E-state index in [1.54, 1.807) is 66.7 Å². The van der Waals surface area contributed by atoms with Gasteiger partial charge in [0.1, 0.15) is 16.7 Å². The largest absolute Gasteiger partial charge is 0.497 e. The molecule has 0 unspecified atom stereocenters. The first-order chi connectivity index (χ1) is 16.4. The number of esters is 1. The Labute approximate surface area is 198 Å². The lowest BCUT2D eigenvalue weighted by atomic mass is 10.2. The molecule has 1 saturated carbocycles. The van der Waals surface area contributed by atoms with Crippen LogP contribution in [0.15, 0.2) is 78.9 Å². The average Bonchev–Trinajstić information content (AvgIpc) is 3.70. The van der Waals surface area contributed by atoms with Crippen LogP contribution in [0, 0.1) is 0 Å². The second kappa shape index (κ2) is 9.74. The number of anilines is 1. The molecule has 4 rings (SSSR count). The minimum Gasteiger partial charge on any atom is -0.497 e. The van der Waals surface area contributed by atoms with Gasteiger partial charge in [-0.05, 0) is 25.0 Å². The number of benzene rings is 3. The molecule has 1 fully saturated rings. The lowest BCUT2D eigenvalue weighted by Gasteiger charge is -2.27. The van der Waals surface area contributed by atoms with Crippen LogP contribution in [0.1, 0.15) is 12.8 Å². The number of ether oxygens (including phenoxy) is 3. The summed E-state index contributed by atoms with van der Waals surface area (Å²) in [5, 5.41) is 2.70. The SMILES string of the molecule is COc1ccc(OC)c(NC(=O)COC(=O)C2(P(=O)(c3ccccc3)c3ccccc3)CC2)c1. The third kappa shape index (κ3) is 4.31. The Balaban J connectivity index is 1.54. The lowest BCUT2D eigenvalue weighted by molar-refractivity contribution is -0.147. The minimum absolute atomic E-state index is 0.392. The van der Waals surface area contributed by atoms with E-state index in [1.807, 2.05) is 12.1 Å². The summed E-state index contributed by atoms with van der Waals surface area (Å²) in [7, 11) is -0.364. The van der Waals surface area contributed by atoms with E-state index in [4.69, 9.17) is 14.2 Å². The van der Waals surface area contributed by atoms with Gasteiger partial charge >= 0.3 is 5.97 Å². The molecular weight excluding hydrogens is 453 g/mol. The van der Waals surface area contributed by atoms with Gasteiger partial charge in [0.2, 0.25) is 0 Å². The van der Waals surface area contributed by atoms with Gasteiger partial charge in [-0.25, -0.2) is 0 Å². The van der Waals surface area contributed by atoms with Gasteiger partial charge in [0, 0.05) is 16.7 Å². The fourth-order valence-corrected chi connectivity index (χ4v) is 7.58. The molecule has 176 valence electrons. The van der Waals surface area contributed by atoms with Gasteiger partial charge in [0.15, 0.2) is 13.7 Å². The van der Waals surface area contributed by atoms with E-state index in [9.17, 15) is 14.2 Å². The Kier molecular flexibility index (Phi) is 6.75. The molecule has 34 heavy (non-hydrogen) atoms. The Morgan fingerprint density at radius 1 is 0.882 bits per heavy atom. The van der Waals surface area contributed by atoms with E-state index in [1.165, 1.54) is 14.2 Å². The van der Waals surface area contributed by atoms with Gasteiger partial charge in [-0.15, -0.1) is 0 Å². The second-order valence-electron chi connectivity index (χ2n) is 8.00. The van der Waals surface area contributed by atoms with Crippen LogP contribution < -0.4 is 25.4 Å². The van der Waals surface area contributed by atoms with Gasteiger partial charge in [-0.3, -0.25) is 9.59 Å². The zero-order valence-electron chi connectivity index (χ0n) is 19.0. The second-order valence-corrected chi connectivity index (χ2v) is 11.1. The molecule has 3 aromatic carbocycles. The fourth-order valence-electron chi connectivity index (χ4n) is 4.05. The van der Waals surface area contributed by atoms with E-state index in [0.29, 0.717) is 40.6 Å². The van der Waals surface area contributed by atoms with Gasteiger partial charge in [-0.2, -0.15) is 0 Å². The highest BCUT2D eigenvalue weighted by molar-refractivity contribution is 7.81. The lowest BCUT2D eigenvalue weighted by Crippen LogP contribution is -2.36. The van der Waals surface area contributed by atoms with Crippen molar-refractivity contribution in [2.45, 2.75) is 18.0 Å². The van der Waals surface area contributed by atoms with Crippen LogP contribution in [0.5, 0.6) is 11.5 Å². The van der Waals surface area contributed by atoms with Crippen molar-refractivity contribution in [3.05, 3.63) is 78.9 Å². The van der Waals surface area contributed by atoms with Crippen LogP contribution in [0.25, 0.3) is 0 Å². The number of hydrogen-bond donors (Lipinski definition) is 1. The van der Waals surface area contributed by atoms with Crippen LogP contribution in [-0.4, -0.2) is 37.9 Å². The summed E-state index contributed by atoms with van der Waals surface area (Å²) in [4.78, 5) is 25.8. The summed E-state index contributed by atoms with van der Waals surface area (Å²) in [6.07, 6.45) is 0.858. The number of hydrogen-bond acceptors (Lipinski definition) is 6. The Morgan fingerprint density at radius 3 is 1.97 bits per heavy atom. The summed E-state index contributed by atoms with van der Waals surface area (Å²) in [6, 6.07) is 23.0. The summed E-state index contributed by atoms with van der Waals surface area (Å²) < 4.78 is 30.5. The summed E-state index contributed by atoms with van der Waals surface area (Å²) in [5.41, 5.74) is 0.392. The highest BCUT2D eigenvalue weighted by Crippen LogP contribution is 2.68. The first-order valence-corrected chi connectivity index (χ1v) is 12.6. The van der Waals surface area contributed by atoms with E-state index in [2.05, 4.69) is 5.32 Å². The van der Waals surface area contributed by atoms with Crippen LogP contribution in [0.4, 0.5) is 5.69 Å². The van der Waals surface area contributed by atoms with Gasteiger partial charge < -0.3 is 24.1 Å². The van der Waals surface area contributed by atoms with Crippen LogP contribution in [0.2, 0.25) is 0 Å². The fraction of sp³-hybridized carbons (Fsp3) is 0.231. The molecule has 3 aromatic rings. The standard InChI is InChI=1S/C26H26NO6P/c1-31-19-13-14-23(32-2)22(17-19)27-24(28)18-33-25(29)26(15-16-26)34(30,20-9-5-3-6-10-20)21-11-7-4-8-12-21/h3-14,17H,15-16,18H2,1-2H3,(H,27,28). The molecule has 0 saturated heterocycles. The van der Waals surface area contributed by atoms with E-state index >= 15 is 0 Å². The summed E-state index contributed by atoms with van der Waals surface area (Å²) in [6.45, 7) is -0.509. The third-order valence-corrected chi connectivity index (χ3v) is 9.85. The number of nitrogens with one attached hydrogen (secondary N) is 1. The van der Waals surface area contributed by atoms with E-state index in [0.717, 1.165) is 0 Å². The molecule has 7 nitrogen and oxygen atoms in total. The molecule has 0 bridgehead atoms. The highest BCUT2D eigenvalue weighted by Gasteiger charge is 2.65. The number of amides is 1. The molecule has 0 spiro atoms. The van der Waals surface area contributed by atoms with E-state index in [-0.39, 0.29) is 0 Å². The Morgan fingerprint density at radius 2 is 1.47 bits per heavy atom.